The molecule has 0 saturated carbocycles. The van der Waals surface area contributed by atoms with Crippen molar-refractivity contribution in [1.29, 1.82) is 0 Å². The molecule has 2 aromatic carbocycles. The van der Waals surface area contributed by atoms with Crippen LogP contribution in [0, 0.1) is 10.1 Å². The number of primary amides is 1. The Bertz CT molecular complexity index is 850. The number of carbonyl (C=O) groups is 2. The lowest BCUT2D eigenvalue weighted by Gasteiger charge is -2.14. The number of nitrogens with two attached hydrogens (primary N) is 1. The number of non-ortho nitro benzene ring substituents is 1. The minimum atomic E-state index is -0.782. The Morgan fingerprint density at radius 2 is 1.76 bits per heavy atom. The van der Waals surface area contributed by atoms with Crippen molar-refractivity contribution < 1.29 is 24.0 Å². The van der Waals surface area contributed by atoms with Gasteiger partial charge in [-0.3, -0.25) is 19.7 Å². The van der Waals surface area contributed by atoms with Crippen molar-refractivity contribution in [1.82, 2.24) is 0 Å². The van der Waals surface area contributed by atoms with Crippen molar-refractivity contribution >= 4 is 23.2 Å². The molecule has 0 bridgehead atoms. The summed E-state index contributed by atoms with van der Waals surface area (Å²) in [5.74, 6) is -0.875. The summed E-state index contributed by atoms with van der Waals surface area (Å²) in [5, 5.41) is 13.3. The molecule has 130 valence electrons. The van der Waals surface area contributed by atoms with E-state index in [4.69, 9.17) is 15.2 Å². The Kier molecular flexibility index (Phi) is 5.18. The van der Waals surface area contributed by atoms with E-state index in [1.54, 1.807) is 0 Å². The van der Waals surface area contributed by atoms with Crippen LogP contribution in [0.4, 0.5) is 11.4 Å². The summed E-state index contributed by atoms with van der Waals surface area (Å²) in [6.07, 6.45) is 0. The van der Waals surface area contributed by atoms with E-state index in [0.717, 1.165) is 6.07 Å². The molecular formula is C16H15N3O6. The lowest BCUT2D eigenvalue weighted by molar-refractivity contribution is -0.384. The van der Waals surface area contributed by atoms with Gasteiger partial charge in [0.2, 0.25) is 0 Å². The second-order valence-electron chi connectivity index (χ2n) is 4.88. The van der Waals surface area contributed by atoms with Gasteiger partial charge in [0.25, 0.3) is 17.5 Å². The maximum Gasteiger partial charge on any atom is 0.270 e. The van der Waals surface area contributed by atoms with E-state index in [-0.39, 0.29) is 34.0 Å². The third kappa shape index (κ3) is 3.83. The van der Waals surface area contributed by atoms with E-state index in [1.165, 1.54) is 44.6 Å². The molecule has 9 nitrogen and oxygen atoms in total. The van der Waals surface area contributed by atoms with Crippen molar-refractivity contribution in [2.75, 3.05) is 19.5 Å². The average molecular weight is 345 g/mol. The number of carbonyl (C=O) groups excluding carboxylic acids is 2. The maximum absolute atomic E-state index is 12.4. The fourth-order valence-corrected chi connectivity index (χ4v) is 2.14. The van der Waals surface area contributed by atoms with Crippen LogP contribution in [0.25, 0.3) is 0 Å². The Labute approximate surface area is 142 Å². The third-order valence-corrected chi connectivity index (χ3v) is 3.36. The first-order chi connectivity index (χ1) is 11.9. The molecule has 0 atom stereocenters. The summed E-state index contributed by atoms with van der Waals surface area (Å²) in [7, 11) is 2.79. The SMILES string of the molecule is COc1cc(NC(=O)c2cccc([N+](=O)[O-])c2)c(C(N)=O)cc1OC. The molecule has 9 heteroatoms. The van der Waals surface area contributed by atoms with Crippen LogP contribution >= 0.6 is 0 Å². The number of ether oxygens (including phenoxy) is 2. The van der Waals surface area contributed by atoms with E-state index >= 15 is 0 Å². The number of amides is 2. The second-order valence-corrected chi connectivity index (χ2v) is 4.88. The van der Waals surface area contributed by atoms with Crippen LogP contribution in [0.5, 0.6) is 11.5 Å². The summed E-state index contributed by atoms with van der Waals surface area (Å²) < 4.78 is 10.2. The molecule has 3 N–H and O–H groups in total. The molecular weight excluding hydrogens is 330 g/mol. The zero-order valence-corrected chi connectivity index (χ0v) is 13.4. The van der Waals surface area contributed by atoms with Crippen LogP contribution in [0.3, 0.4) is 0 Å². The molecule has 0 aliphatic heterocycles. The number of anilines is 1. The van der Waals surface area contributed by atoms with Crippen molar-refractivity contribution in [2.24, 2.45) is 5.73 Å². The van der Waals surface area contributed by atoms with Crippen molar-refractivity contribution in [3.8, 4) is 11.5 Å². The predicted octanol–water partition coefficient (Wildman–Crippen LogP) is 1.96. The Morgan fingerprint density at radius 3 is 2.32 bits per heavy atom. The van der Waals surface area contributed by atoms with E-state index in [1.807, 2.05) is 0 Å². The van der Waals surface area contributed by atoms with Gasteiger partial charge in [0.05, 0.1) is 30.4 Å². The zero-order valence-electron chi connectivity index (χ0n) is 13.4. The van der Waals surface area contributed by atoms with E-state index in [9.17, 15) is 19.7 Å². The summed E-state index contributed by atoms with van der Waals surface area (Å²) >= 11 is 0. The van der Waals surface area contributed by atoms with Gasteiger partial charge in [0.15, 0.2) is 11.5 Å². The summed E-state index contributed by atoms with van der Waals surface area (Å²) in [6.45, 7) is 0. The zero-order chi connectivity index (χ0) is 18.6. The number of benzene rings is 2. The van der Waals surface area contributed by atoms with Crippen molar-refractivity contribution in [3.05, 3.63) is 57.6 Å². The third-order valence-electron chi connectivity index (χ3n) is 3.36. The smallest absolute Gasteiger partial charge is 0.270 e. The molecule has 0 unspecified atom stereocenters. The van der Waals surface area contributed by atoms with Gasteiger partial charge in [-0.1, -0.05) is 6.07 Å². The summed E-state index contributed by atoms with van der Waals surface area (Å²) in [5.41, 5.74) is 5.27. The van der Waals surface area contributed by atoms with Gasteiger partial charge in [-0.25, -0.2) is 0 Å². The van der Waals surface area contributed by atoms with Gasteiger partial charge in [-0.2, -0.15) is 0 Å². The molecule has 25 heavy (non-hydrogen) atoms. The highest BCUT2D eigenvalue weighted by molar-refractivity contribution is 6.09. The fourth-order valence-electron chi connectivity index (χ4n) is 2.14. The van der Waals surface area contributed by atoms with Crippen molar-refractivity contribution in [3.63, 3.8) is 0 Å². The highest BCUT2D eigenvalue weighted by atomic mass is 16.6. The van der Waals surface area contributed by atoms with E-state index < -0.39 is 16.7 Å². The molecule has 2 amide bonds. The molecule has 0 fully saturated rings. The molecule has 0 saturated heterocycles. The minimum absolute atomic E-state index is 0.0106. The molecule has 0 spiro atoms. The van der Waals surface area contributed by atoms with Crippen LogP contribution in [0.2, 0.25) is 0 Å². The van der Waals surface area contributed by atoms with Crippen LogP contribution in [-0.4, -0.2) is 31.0 Å². The Hall–Kier alpha value is -3.62. The molecule has 2 aromatic rings. The largest absolute Gasteiger partial charge is 0.493 e. The second kappa shape index (κ2) is 7.30. The van der Waals surface area contributed by atoms with E-state index in [2.05, 4.69) is 5.32 Å². The normalized spacial score (nSPS) is 10.0. The number of nitrogens with one attached hydrogen (secondary N) is 1. The first kappa shape index (κ1) is 17.7. The lowest BCUT2D eigenvalue weighted by Crippen LogP contribution is -2.18. The van der Waals surface area contributed by atoms with E-state index in [0.29, 0.717) is 0 Å². The van der Waals surface area contributed by atoms with Gasteiger partial charge < -0.3 is 20.5 Å². The number of nitrogens with zero attached hydrogens (tertiary/aromatic N) is 1. The average Bonchev–Trinajstić information content (AvgIpc) is 2.60. The minimum Gasteiger partial charge on any atom is -0.493 e. The molecule has 2 rings (SSSR count). The Morgan fingerprint density at radius 1 is 1.12 bits per heavy atom. The highest BCUT2D eigenvalue weighted by Crippen LogP contribution is 2.33. The summed E-state index contributed by atoms with van der Waals surface area (Å²) in [6, 6.07) is 7.91. The highest BCUT2D eigenvalue weighted by Gasteiger charge is 2.18. The fraction of sp³-hybridized carbons (Fsp3) is 0.125. The van der Waals surface area contributed by atoms with Gasteiger partial charge in [-0.15, -0.1) is 0 Å². The van der Waals surface area contributed by atoms with Crippen LogP contribution < -0.4 is 20.5 Å². The van der Waals surface area contributed by atoms with Crippen LogP contribution in [-0.2, 0) is 0 Å². The monoisotopic (exact) mass is 345 g/mol. The molecule has 0 aliphatic carbocycles. The Balaban J connectivity index is 2.41. The molecule has 0 radical (unpaired) electrons. The molecule has 0 heterocycles. The van der Waals surface area contributed by atoms with Crippen LogP contribution in [0.15, 0.2) is 36.4 Å². The summed E-state index contributed by atoms with van der Waals surface area (Å²) in [4.78, 5) is 34.2. The first-order valence-electron chi connectivity index (χ1n) is 6.99. The van der Waals surface area contributed by atoms with Crippen molar-refractivity contribution in [2.45, 2.75) is 0 Å². The number of hydrogen-bond acceptors (Lipinski definition) is 6. The lowest BCUT2D eigenvalue weighted by atomic mass is 10.1. The molecule has 0 aliphatic rings. The quantitative estimate of drug-likeness (QED) is 0.607. The standard InChI is InChI=1S/C16H15N3O6/c1-24-13-7-11(15(17)20)12(8-14(13)25-2)18-16(21)9-4-3-5-10(6-9)19(22)23/h3-8H,1-2H3,(H2,17,20)(H,18,21). The first-order valence-corrected chi connectivity index (χ1v) is 6.99. The van der Waals surface area contributed by atoms with Gasteiger partial charge in [0.1, 0.15) is 0 Å². The number of nitro groups is 1. The van der Waals surface area contributed by atoms with Gasteiger partial charge >= 0.3 is 0 Å². The van der Waals surface area contributed by atoms with Gasteiger partial charge in [-0.05, 0) is 12.1 Å². The topological polar surface area (TPSA) is 134 Å². The number of methoxy groups -OCH3 is 2. The predicted molar refractivity (Wildman–Crippen MR) is 89.1 cm³/mol. The maximum atomic E-state index is 12.4. The van der Waals surface area contributed by atoms with Crippen LogP contribution in [0.1, 0.15) is 20.7 Å². The number of rotatable bonds is 6. The molecule has 0 aromatic heterocycles. The van der Waals surface area contributed by atoms with Gasteiger partial charge in [0, 0.05) is 23.8 Å². The number of nitro benzene ring substituents is 1. The number of hydrogen-bond donors (Lipinski definition) is 2.